The average Bonchev–Trinajstić information content (AvgIpc) is 2.60. The monoisotopic (exact) mass is 290 g/mol. The minimum atomic E-state index is -3.97. The van der Waals surface area contributed by atoms with E-state index in [1.807, 2.05) is 0 Å². The molecule has 0 atom stereocenters. The van der Waals surface area contributed by atoms with Crippen molar-refractivity contribution in [3.8, 4) is 11.4 Å². The number of benzene rings is 1. The van der Waals surface area contributed by atoms with Gasteiger partial charge in [0.1, 0.15) is 5.82 Å². The largest absolute Gasteiger partial charge is 0.300 e. The normalized spacial score (nSPS) is 11.8. The summed E-state index contributed by atoms with van der Waals surface area (Å²) in [5, 5.41) is 11.8. The Morgan fingerprint density at radius 3 is 2.56 bits per heavy atom. The van der Waals surface area contributed by atoms with Crippen molar-refractivity contribution >= 4 is 21.6 Å². The summed E-state index contributed by atoms with van der Waals surface area (Å²) < 4.78 is 36.5. The molecule has 18 heavy (non-hydrogen) atoms. The quantitative estimate of drug-likeness (QED) is 0.890. The zero-order valence-electron chi connectivity index (χ0n) is 9.13. The zero-order chi connectivity index (χ0) is 13.5. The van der Waals surface area contributed by atoms with Gasteiger partial charge >= 0.3 is 0 Å². The third-order valence-corrected chi connectivity index (χ3v) is 3.44. The van der Waals surface area contributed by atoms with Crippen LogP contribution in [0.1, 0.15) is 0 Å². The second kappa shape index (κ2) is 4.30. The maximum absolute atomic E-state index is 12.9. The Hall–Kier alpha value is -1.51. The highest BCUT2D eigenvalue weighted by atomic mass is 35.5. The van der Waals surface area contributed by atoms with E-state index < -0.39 is 21.0 Å². The van der Waals surface area contributed by atoms with E-state index in [1.54, 1.807) is 0 Å². The fourth-order valence-electron chi connectivity index (χ4n) is 1.47. The Labute approximate surface area is 107 Å². The molecule has 2 aromatic rings. The van der Waals surface area contributed by atoms with E-state index in [1.165, 1.54) is 23.7 Å². The van der Waals surface area contributed by atoms with Gasteiger partial charge in [-0.2, -0.15) is 0 Å². The molecule has 0 unspecified atom stereocenters. The lowest BCUT2D eigenvalue weighted by atomic mass is 10.2. The third kappa shape index (κ3) is 2.22. The van der Waals surface area contributed by atoms with E-state index >= 15 is 0 Å². The van der Waals surface area contributed by atoms with E-state index in [0.29, 0.717) is 5.56 Å². The summed E-state index contributed by atoms with van der Waals surface area (Å²) >= 11 is 5.86. The van der Waals surface area contributed by atoms with Crippen molar-refractivity contribution in [3.63, 3.8) is 0 Å². The maximum Gasteiger partial charge on any atom is 0.273 e. The van der Waals surface area contributed by atoms with Crippen molar-refractivity contribution in [1.29, 1.82) is 0 Å². The molecule has 0 spiro atoms. The van der Waals surface area contributed by atoms with Crippen LogP contribution < -0.4 is 5.14 Å². The minimum Gasteiger partial charge on any atom is -0.300 e. The molecule has 0 amide bonds. The van der Waals surface area contributed by atoms with Crippen molar-refractivity contribution in [3.05, 3.63) is 29.0 Å². The summed E-state index contributed by atoms with van der Waals surface area (Å²) in [5.41, 5.74) is 0.364. The van der Waals surface area contributed by atoms with Crippen molar-refractivity contribution in [2.24, 2.45) is 12.2 Å². The third-order valence-electron chi connectivity index (χ3n) is 2.26. The summed E-state index contributed by atoms with van der Waals surface area (Å²) in [6.45, 7) is 0. The van der Waals surface area contributed by atoms with Gasteiger partial charge in [0.05, 0.1) is 5.02 Å². The van der Waals surface area contributed by atoms with Crippen LogP contribution in [0.2, 0.25) is 5.02 Å². The number of halogens is 2. The molecule has 2 N–H and O–H groups in total. The second-order valence-electron chi connectivity index (χ2n) is 3.53. The van der Waals surface area contributed by atoms with Gasteiger partial charge in [-0.25, -0.2) is 17.9 Å². The van der Waals surface area contributed by atoms with Crippen LogP contribution >= 0.6 is 11.6 Å². The highest BCUT2D eigenvalue weighted by molar-refractivity contribution is 7.89. The fourth-order valence-corrected chi connectivity index (χ4v) is 2.34. The molecule has 0 aliphatic heterocycles. The van der Waals surface area contributed by atoms with E-state index in [-0.39, 0.29) is 10.8 Å². The highest BCUT2D eigenvalue weighted by Gasteiger charge is 2.20. The lowest BCUT2D eigenvalue weighted by molar-refractivity contribution is 0.580. The van der Waals surface area contributed by atoms with E-state index in [9.17, 15) is 12.8 Å². The molecule has 1 aromatic carbocycles. The zero-order valence-corrected chi connectivity index (χ0v) is 10.7. The molecule has 9 heteroatoms. The summed E-state index contributed by atoms with van der Waals surface area (Å²) in [4.78, 5) is 0. The molecule has 0 aliphatic rings. The molecule has 1 aromatic heterocycles. The Balaban J connectivity index is 2.63. The van der Waals surface area contributed by atoms with Crippen LogP contribution in [0.4, 0.5) is 4.39 Å². The van der Waals surface area contributed by atoms with Crippen LogP contribution in [-0.2, 0) is 17.1 Å². The number of primary sulfonamides is 1. The molecule has 6 nitrogen and oxygen atoms in total. The van der Waals surface area contributed by atoms with Gasteiger partial charge in [-0.3, -0.25) is 4.57 Å². The molecule has 0 aliphatic carbocycles. The highest BCUT2D eigenvalue weighted by Crippen LogP contribution is 2.27. The molecular weight excluding hydrogens is 283 g/mol. The Morgan fingerprint density at radius 2 is 2.06 bits per heavy atom. The van der Waals surface area contributed by atoms with Crippen LogP contribution in [-0.4, -0.2) is 23.2 Å². The number of hydrogen-bond donors (Lipinski definition) is 1. The molecule has 1 heterocycles. The van der Waals surface area contributed by atoms with Gasteiger partial charge in [0.25, 0.3) is 15.2 Å². The van der Waals surface area contributed by atoms with Crippen molar-refractivity contribution in [2.75, 3.05) is 0 Å². The first-order valence-corrected chi connectivity index (χ1v) is 6.61. The summed E-state index contributed by atoms with van der Waals surface area (Å²) in [5.74, 6) is -0.318. The van der Waals surface area contributed by atoms with E-state index in [4.69, 9.17) is 16.7 Å². The van der Waals surface area contributed by atoms with Crippen LogP contribution in [0.25, 0.3) is 11.4 Å². The van der Waals surface area contributed by atoms with Crippen LogP contribution in [0.15, 0.2) is 23.4 Å². The summed E-state index contributed by atoms with van der Waals surface area (Å²) in [6, 6.07) is 3.67. The first-order valence-electron chi connectivity index (χ1n) is 4.68. The van der Waals surface area contributed by atoms with E-state index in [0.717, 1.165) is 6.07 Å². The number of sulfonamides is 1. The number of hydrogen-bond acceptors (Lipinski definition) is 4. The molecule has 2 rings (SSSR count). The second-order valence-corrected chi connectivity index (χ2v) is 5.40. The standard InChI is InChI=1S/C9H8ClFN4O2S/c1-15-8(13-14-9(15)18(12,16)17)6-3-2-5(11)4-7(6)10/h2-4H,1H3,(H2,12,16,17). The Morgan fingerprint density at radius 1 is 1.39 bits per heavy atom. The van der Waals surface area contributed by atoms with Gasteiger partial charge in [-0.15, -0.1) is 10.2 Å². The molecule has 0 bridgehead atoms. The lowest BCUT2D eigenvalue weighted by Gasteiger charge is -2.04. The maximum atomic E-state index is 12.9. The molecule has 0 saturated heterocycles. The number of rotatable bonds is 2. The van der Waals surface area contributed by atoms with Gasteiger partial charge in [0.2, 0.25) is 0 Å². The number of aromatic nitrogens is 3. The van der Waals surface area contributed by atoms with Crippen molar-refractivity contribution in [2.45, 2.75) is 5.16 Å². The topological polar surface area (TPSA) is 90.9 Å². The molecular formula is C9H8ClFN4O2S. The Kier molecular flexibility index (Phi) is 3.09. The molecule has 0 fully saturated rings. The van der Waals surface area contributed by atoms with Crippen molar-refractivity contribution < 1.29 is 12.8 Å². The Bertz CT molecular complexity index is 713. The first kappa shape index (κ1) is 12.9. The van der Waals surface area contributed by atoms with Crippen molar-refractivity contribution in [1.82, 2.24) is 14.8 Å². The van der Waals surface area contributed by atoms with Crippen LogP contribution in [0, 0.1) is 5.82 Å². The number of nitrogens with two attached hydrogens (primary N) is 1. The van der Waals surface area contributed by atoms with Gasteiger partial charge in [0.15, 0.2) is 5.82 Å². The van der Waals surface area contributed by atoms with Crippen LogP contribution in [0.3, 0.4) is 0 Å². The number of nitrogens with zero attached hydrogens (tertiary/aromatic N) is 3. The van der Waals surface area contributed by atoms with E-state index in [2.05, 4.69) is 10.2 Å². The van der Waals surface area contributed by atoms with Gasteiger partial charge in [0, 0.05) is 12.6 Å². The predicted octanol–water partition coefficient (Wildman–Crippen LogP) is 0.922. The lowest BCUT2D eigenvalue weighted by Crippen LogP contribution is -2.17. The molecule has 0 radical (unpaired) electrons. The minimum absolute atomic E-state index is 0.103. The first-order chi connectivity index (χ1) is 8.30. The fraction of sp³-hybridized carbons (Fsp3) is 0.111. The predicted molar refractivity (Wildman–Crippen MR) is 62.8 cm³/mol. The molecule has 96 valence electrons. The SMILES string of the molecule is Cn1c(-c2ccc(F)cc2Cl)nnc1S(N)(=O)=O. The summed E-state index contributed by atoms with van der Waals surface area (Å²) in [6.07, 6.45) is 0. The average molecular weight is 291 g/mol. The summed E-state index contributed by atoms with van der Waals surface area (Å²) in [7, 11) is -2.54. The van der Waals surface area contributed by atoms with Gasteiger partial charge < -0.3 is 0 Å². The smallest absolute Gasteiger partial charge is 0.273 e. The van der Waals surface area contributed by atoms with Crippen LogP contribution in [0.5, 0.6) is 0 Å². The molecule has 0 saturated carbocycles. The van der Waals surface area contributed by atoms with Gasteiger partial charge in [-0.1, -0.05) is 11.6 Å². The van der Waals surface area contributed by atoms with Gasteiger partial charge in [-0.05, 0) is 18.2 Å².